The maximum absolute atomic E-state index is 9.47. The molecule has 3 atom stereocenters. The minimum atomic E-state index is -0.255. The summed E-state index contributed by atoms with van der Waals surface area (Å²) >= 11 is 1.75. The van der Waals surface area contributed by atoms with Crippen LogP contribution in [-0.2, 0) is 4.74 Å². The van der Waals surface area contributed by atoms with Crippen molar-refractivity contribution in [2.45, 2.75) is 51.0 Å². The number of nitrogens with two attached hydrogens (primary N) is 1. The molecule has 2 heterocycles. The summed E-state index contributed by atoms with van der Waals surface area (Å²) in [5.41, 5.74) is 6.12. The zero-order valence-electron chi connectivity index (χ0n) is 12.6. The highest BCUT2D eigenvalue weighted by molar-refractivity contribution is 7.10. The van der Waals surface area contributed by atoms with Gasteiger partial charge >= 0.3 is 0 Å². The van der Waals surface area contributed by atoms with Crippen LogP contribution in [0.4, 0.5) is 0 Å². The van der Waals surface area contributed by atoms with Gasteiger partial charge in [0.25, 0.3) is 0 Å². The molecule has 3 N–H and O–H groups in total. The summed E-state index contributed by atoms with van der Waals surface area (Å²) in [4.78, 5) is 3.68. The Bertz CT molecular complexity index is 408. The van der Waals surface area contributed by atoms with Crippen LogP contribution < -0.4 is 5.73 Å². The Morgan fingerprint density at radius 1 is 1.60 bits per heavy atom. The SMILES string of the molecule is CCC(N)C(c1cccs1)N1CC(CO)OC(C)(C)C1. The van der Waals surface area contributed by atoms with Crippen molar-refractivity contribution in [3.63, 3.8) is 0 Å². The van der Waals surface area contributed by atoms with E-state index in [1.165, 1.54) is 4.88 Å². The first-order valence-corrected chi connectivity index (χ1v) is 8.16. The Morgan fingerprint density at radius 2 is 2.35 bits per heavy atom. The second-order valence-corrected chi connectivity index (χ2v) is 7.12. The smallest absolute Gasteiger partial charge is 0.0940 e. The topological polar surface area (TPSA) is 58.7 Å². The van der Waals surface area contributed by atoms with Crippen molar-refractivity contribution in [3.8, 4) is 0 Å². The number of morpholine rings is 1. The number of rotatable bonds is 5. The van der Waals surface area contributed by atoms with Crippen LogP contribution in [-0.4, -0.2) is 47.4 Å². The molecule has 0 radical (unpaired) electrons. The van der Waals surface area contributed by atoms with Gasteiger partial charge in [0, 0.05) is 24.0 Å². The van der Waals surface area contributed by atoms with E-state index in [9.17, 15) is 5.11 Å². The summed E-state index contributed by atoms with van der Waals surface area (Å²) in [5, 5.41) is 11.6. The summed E-state index contributed by atoms with van der Waals surface area (Å²) in [6.45, 7) is 7.89. The highest BCUT2D eigenvalue weighted by Crippen LogP contribution is 2.33. The first-order valence-electron chi connectivity index (χ1n) is 7.28. The average molecular weight is 298 g/mol. The van der Waals surface area contributed by atoms with Gasteiger partial charge in [-0.15, -0.1) is 11.3 Å². The normalized spacial score (nSPS) is 26.4. The van der Waals surface area contributed by atoms with E-state index in [1.54, 1.807) is 11.3 Å². The summed E-state index contributed by atoms with van der Waals surface area (Å²) in [6, 6.07) is 4.53. The molecule has 2 rings (SSSR count). The number of hydrogen-bond donors (Lipinski definition) is 2. The van der Waals surface area contributed by atoms with E-state index in [4.69, 9.17) is 10.5 Å². The summed E-state index contributed by atoms with van der Waals surface area (Å²) in [5.74, 6) is 0. The molecule has 1 fully saturated rings. The van der Waals surface area contributed by atoms with Crippen molar-refractivity contribution in [1.29, 1.82) is 0 Å². The van der Waals surface area contributed by atoms with Gasteiger partial charge in [-0.05, 0) is 31.7 Å². The third-order valence-corrected chi connectivity index (χ3v) is 4.76. The van der Waals surface area contributed by atoms with Crippen LogP contribution in [0.3, 0.4) is 0 Å². The number of aliphatic hydroxyl groups is 1. The fraction of sp³-hybridized carbons (Fsp3) is 0.733. The molecule has 20 heavy (non-hydrogen) atoms. The number of thiophene rings is 1. The number of aliphatic hydroxyl groups excluding tert-OH is 1. The molecule has 1 aromatic rings. The van der Waals surface area contributed by atoms with Crippen molar-refractivity contribution >= 4 is 11.3 Å². The lowest BCUT2D eigenvalue weighted by Crippen LogP contribution is -2.57. The molecule has 1 aliphatic heterocycles. The standard InChI is InChI=1S/C15H26N2O2S/c1-4-12(16)14(13-6-5-7-20-13)17-8-11(9-18)19-15(2,3)10-17/h5-7,11-12,14,18H,4,8-10,16H2,1-3H3. The van der Waals surface area contributed by atoms with Crippen molar-refractivity contribution in [1.82, 2.24) is 4.90 Å². The third-order valence-electron chi connectivity index (χ3n) is 3.82. The molecule has 0 spiro atoms. The molecule has 3 unspecified atom stereocenters. The average Bonchev–Trinajstić information content (AvgIpc) is 2.90. The van der Waals surface area contributed by atoms with Gasteiger partial charge in [0.05, 0.1) is 24.4 Å². The number of nitrogens with zero attached hydrogens (tertiary/aromatic N) is 1. The monoisotopic (exact) mass is 298 g/mol. The number of hydrogen-bond acceptors (Lipinski definition) is 5. The Morgan fingerprint density at radius 3 is 2.90 bits per heavy atom. The van der Waals surface area contributed by atoms with Crippen molar-refractivity contribution in [2.24, 2.45) is 5.73 Å². The predicted octanol–water partition coefficient (Wildman–Crippen LogP) is 2.00. The van der Waals surface area contributed by atoms with E-state index in [2.05, 4.69) is 43.2 Å². The lowest BCUT2D eigenvalue weighted by molar-refractivity contribution is -0.158. The van der Waals surface area contributed by atoms with Gasteiger partial charge in [0.1, 0.15) is 0 Å². The highest BCUT2D eigenvalue weighted by atomic mass is 32.1. The van der Waals surface area contributed by atoms with Gasteiger partial charge in [0.15, 0.2) is 0 Å². The fourth-order valence-electron chi connectivity index (χ4n) is 2.99. The molecule has 0 amide bonds. The molecule has 0 aromatic carbocycles. The zero-order chi connectivity index (χ0) is 14.8. The lowest BCUT2D eigenvalue weighted by Gasteiger charge is -2.46. The van der Waals surface area contributed by atoms with E-state index >= 15 is 0 Å². The maximum Gasteiger partial charge on any atom is 0.0940 e. The van der Waals surface area contributed by atoms with Gasteiger partial charge in [-0.3, -0.25) is 4.90 Å². The molecule has 1 saturated heterocycles. The van der Waals surface area contributed by atoms with E-state index in [1.807, 2.05) is 0 Å². The Balaban J connectivity index is 2.24. The second-order valence-electron chi connectivity index (χ2n) is 6.14. The molecular weight excluding hydrogens is 272 g/mol. The van der Waals surface area contributed by atoms with Crippen LogP contribution in [0.5, 0.6) is 0 Å². The molecule has 0 bridgehead atoms. The van der Waals surface area contributed by atoms with E-state index in [0.29, 0.717) is 0 Å². The van der Waals surface area contributed by atoms with Crippen LogP contribution >= 0.6 is 11.3 Å². The summed E-state index contributed by atoms with van der Waals surface area (Å²) in [6.07, 6.45) is 0.801. The lowest BCUT2D eigenvalue weighted by atomic mass is 9.97. The van der Waals surface area contributed by atoms with Gasteiger partial charge in [-0.2, -0.15) is 0 Å². The minimum absolute atomic E-state index is 0.0540. The van der Waals surface area contributed by atoms with Gasteiger partial charge in [0.2, 0.25) is 0 Å². The molecule has 5 heteroatoms. The maximum atomic E-state index is 9.47. The van der Waals surface area contributed by atoms with Crippen LogP contribution in [0, 0.1) is 0 Å². The zero-order valence-corrected chi connectivity index (χ0v) is 13.4. The fourth-order valence-corrected chi connectivity index (χ4v) is 3.93. The van der Waals surface area contributed by atoms with Crippen LogP contribution in [0.2, 0.25) is 0 Å². The first-order chi connectivity index (χ1) is 9.46. The molecule has 0 aliphatic carbocycles. The van der Waals surface area contributed by atoms with Crippen LogP contribution in [0.15, 0.2) is 17.5 Å². The Kier molecular flexibility index (Phi) is 5.20. The quantitative estimate of drug-likeness (QED) is 0.873. The predicted molar refractivity (Wildman–Crippen MR) is 82.9 cm³/mol. The largest absolute Gasteiger partial charge is 0.394 e. The van der Waals surface area contributed by atoms with Crippen LogP contribution in [0.1, 0.15) is 38.1 Å². The molecule has 4 nitrogen and oxygen atoms in total. The second kappa shape index (κ2) is 6.54. The van der Waals surface area contributed by atoms with Gasteiger partial charge < -0.3 is 15.6 Å². The van der Waals surface area contributed by atoms with Crippen molar-refractivity contribution in [2.75, 3.05) is 19.7 Å². The van der Waals surface area contributed by atoms with E-state index < -0.39 is 0 Å². The first kappa shape index (κ1) is 15.9. The molecule has 1 aromatic heterocycles. The molecule has 1 aliphatic rings. The van der Waals surface area contributed by atoms with Gasteiger partial charge in [-0.25, -0.2) is 0 Å². The third kappa shape index (κ3) is 3.59. The minimum Gasteiger partial charge on any atom is -0.394 e. The van der Waals surface area contributed by atoms with Crippen LogP contribution in [0.25, 0.3) is 0 Å². The highest BCUT2D eigenvalue weighted by Gasteiger charge is 2.38. The Labute approximate surface area is 125 Å². The van der Waals surface area contributed by atoms with E-state index in [-0.39, 0.29) is 30.4 Å². The summed E-state index contributed by atoms with van der Waals surface area (Å²) in [7, 11) is 0. The summed E-state index contributed by atoms with van der Waals surface area (Å²) < 4.78 is 5.90. The number of ether oxygens (including phenoxy) is 1. The van der Waals surface area contributed by atoms with Crippen molar-refractivity contribution in [3.05, 3.63) is 22.4 Å². The molecular formula is C15H26N2O2S. The van der Waals surface area contributed by atoms with Gasteiger partial charge in [-0.1, -0.05) is 13.0 Å². The molecule has 114 valence electrons. The van der Waals surface area contributed by atoms with E-state index in [0.717, 1.165) is 19.5 Å². The molecule has 0 saturated carbocycles. The Hall–Kier alpha value is -0.460. The van der Waals surface area contributed by atoms with Crippen molar-refractivity contribution < 1.29 is 9.84 Å².